The molecule has 0 aromatic heterocycles. The van der Waals surface area contributed by atoms with Gasteiger partial charge in [0.2, 0.25) is 5.91 Å². The molecule has 1 unspecified atom stereocenters. The van der Waals surface area contributed by atoms with Gasteiger partial charge in [0.1, 0.15) is 0 Å². The van der Waals surface area contributed by atoms with Crippen molar-refractivity contribution in [2.45, 2.75) is 44.7 Å². The molecule has 0 aliphatic heterocycles. The maximum absolute atomic E-state index is 11.3. The Morgan fingerprint density at radius 3 is 2.93 bits per heavy atom. The molecule has 14 heavy (non-hydrogen) atoms. The highest BCUT2D eigenvalue weighted by Gasteiger charge is 2.22. The molecule has 0 aromatic rings. The zero-order valence-corrected chi connectivity index (χ0v) is 8.88. The number of rotatable bonds is 7. The van der Waals surface area contributed by atoms with Gasteiger partial charge in [-0.15, -0.1) is 6.58 Å². The minimum Gasteiger partial charge on any atom is -0.352 e. The first-order valence-corrected chi connectivity index (χ1v) is 5.36. The molecule has 1 amide bonds. The van der Waals surface area contributed by atoms with Crippen LogP contribution in [0.25, 0.3) is 0 Å². The van der Waals surface area contributed by atoms with E-state index in [2.05, 4.69) is 24.1 Å². The van der Waals surface area contributed by atoms with Gasteiger partial charge in [-0.1, -0.05) is 6.08 Å². The van der Waals surface area contributed by atoms with E-state index in [1.165, 1.54) is 0 Å². The summed E-state index contributed by atoms with van der Waals surface area (Å²) in [6, 6.07) is 0.853. The lowest BCUT2D eigenvalue weighted by atomic mass is 10.2. The van der Waals surface area contributed by atoms with Gasteiger partial charge in [0, 0.05) is 12.1 Å². The van der Waals surface area contributed by atoms with E-state index in [9.17, 15) is 4.79 Å². The van der Waals surface area contributed by atoms with Crippen LogP contribution in [0.2, 0.25) is 0 Å². The molecule has 80 valence electrons. The zero-order chi connectivity index (χ0) is 10.4. The Labute approximate surface area is 86.0 Å². The second kappa shape index (κ2) is 5.81. The largest absolute Gasteiger partial charge is 0.352 e. The quantitative estimate of drug-likeness (QED) is 0.601. The van der Waals surface area contributed by atoms with Gasteiger partial charge in [0.05, 0.1) is 6.54 Å². The van der Waals surface area contributed by atoms with Crippen molar-refractivity contribution in [3.8, 4) is 0 Å². The molecule has 1 aliphatic rings. The number of hydrogen-bond donors (Lipinski definition) is 2. The van der Waals surface area contributed by atoms with Crippen LogP contribution in [-0.2, 0) is 4.79 Å². The van der Waals surface area contributed by atoms with Crippen molar-refractivity contribution in [1.29, 1.82) is 0 Å². The molecule has 0 heterocycles. The Morgan fingerprint density at radius 1 is 1.64 bits per heavy atom. The molecule has 0 saturated heterocycles. The Morgan fingerprint density at radius 2 is 2.36 bits per heavy atom. The van der Waals surface area contributed by atoms with Crippen LogP contribution in [-0.4, -0.2) is 24.5 Å². The van der Waals surface area contributed by atoms with Gasteiger partial charge in [0.15, 0.2) is 0 Å². The first kappa shape index (κ1) is 11.2. The van der Waals surface area contributed by atoms with E-state index in [0.29, 0.717) is 18.6 Å². The first-order valence-electron chi connectivity index (χ1n) is 5.36. The van der Waals surface area contributed by atoms with Gasteiger partial charge in [-0.05, 0) is 32.6 Å². The normalized spacial score (nSPS) is 17.5. The van der Waals surface area contributed by atoms with Crippen molar-refractivity contribution >= 4 is 5.91 Å². The van der Waals surface area contributed by atoms with Crippen molar-refractivity contribution in [1.82, 2.24) is 10.6 Å². The van der Waals surface area contributed by atoms with Crippen LogP contribution in [0.4, 0.5) is 0 Å². The lowest BCUT2D eigenvalue weighted by molar-refractivity contribution is -0.120. The Bertz CT molecular complexity index is 199. The van der Waals surface area contributed by atoms with Crippen molar-refractivity contribution in [2.75, 3.05) is 6.54 Å². The van der Waals surface area contributed by atoms with Gasteiger partial charge >= 0.3 is 0 Å². The van der Waals surface area contributed by atoms with Crippen LogP contribution in [0.15, 0.2) is 12.7 Å². The molecular weight excluding hydrogens is 176 g/mol. The summed E-state index contributed by atoms with van der Waals surface area (Å²) in [6.07, 6.45) is 6.25. The first-order chi connectivity index (χ1) is 6.72. The number of carbonyl (C=O) groups is 1. The van der Waals surface area contributed by atoms with Gasteiger partial charge in [0.25, 0.3) is 0 Å². The summed E-state index contributed by atoms with van der Waals surface area (Å²) in [5.41, 5.74) is 0. The van der Waals surface area contributed by atoms with Crippen molar-refractivity contribution < 1.29 is 4.79 Å². The summed E-state index contributed by atoms with van der Waals surface area (Å²) in [5, 5.41) is 6.13. The molecule has 1 atom stereocenters. The third kappa shape index (κ3) is 5.02. The van der Waals surface area contributed by atoms with E-state index in [-0.39, 0.29) is 5.91 Å². The fraction of sp³-hybridized carbons (Fsp3) is 0.727. The molecule has 0 aromatic carbocycles. The Balaban J connectivity index is 1.99. The number of hydrogen-bond acceptors (Lipinski definition) is 2. The van der Waals surface area contributed by atoms with E-state index in [1.54, 1.807) is 0 Å². The number of allylic oxidation sites excluding steroid dienone is 1. The number of amides is 1. The summed E-state index contributed by atoms with van der Waals surface area (Å²) in [5.74, 6) is 0.123. The number of carbonyl (C=O) groups excluding carboxylic acids is 1. The molecule has 0 spiro atoms. The van der Waals surface area contributed by atoms with Crippen LogP contribution in [0.1, 0.15) is 32.6 Å². The Hall–Kier alpha value is -0.830. The molecule has 3 nitrogen and oxygen atoms in total. The third-order valence-electron chi connectivity index (χ3n) is 2.36. The maximum atomic E-state index is 11.3. The van der Waals surface area contributed by atoms with Crippen LogP contribution in [0, 0.1) is 0 Å². The molecule has 3 heteroatoms. The van der Waals surface area contributed by atoms with Gasteiger partial charge in [-0.2, -0.15) is 0 Å². The van der Waals surface area contributed by atoms with Gasteiger partial charge < -0.3 is 10.6 Å². The van der Waals surface area contributed by atoms with Crippen molar-refractivity contribution in [2.24, 2.45) is 0 Å². The average Bonchev–Trinajstić information content (AvgIpc) is 2.95. The summed E-state index contributed by atoms with van der Waals surface area (Å²) < 4.78 is 0. The summed E-state index contributed by atoms with van der Waals surface area (Å²) in [6.45, 7) is 6.20. The predicted octanol–water partition coefficient (Wildman–Crippen LogP) is 1.21. The van der Waals surface area contributed by atoms with Crippen molar-refractivity contribution in [3.63, 3.8) is 0 Å². The average molecular weight is 196 g/mol. The third-order valence-corrected chi connectivity index (χ3v) is 2.36. The fourth-order valence-corrected chi connectivity index (χ4v) is 1.24. The lowest BCUT2D eigenvalue weighted by Crippen LogP contribution is -2.38. The summed E-state index contributed by atoms with van der Waals surface area (Å²) in [7, 11) is 0. The second-order valence-electron chi connectivity index (χ2n) is 3.99. The maximum Gasteiger partial charge on any atom is 0.234 e. The molecule has 2 N–H and O–H groups in total. The van der Waals surface area contributed by atoms with E-state index in [4.69, 9.17) is 0 Å². The number of nitrogens with one attached hydrogen (secondary N) is 2. The molecule has 1 saturated carbocycles. The minimum absolute atomic E-state index is 0.123. The van der Waals surface area contributed by atoms with E-state index in [1.807, 2.05) is 6.08 Å². The van der Waals surface area contributed by atoms with E-state index < -0.39 is 0 Å². The Kier molecular flexibility index (Phi) is 4.66. The molecule has 1 aliphatic carbocycles. The SMILES string of the molecule is C=CCCC(C)NCC(=O)NC1CC1. The monoisotopic (exact) mass is 196 g/mol. The van der Waals surface area contributed by atoms with Gasteiger partial charge in [-0.3, -0.25) is 4.79 Å². The molecular formula is C11H20N2O. The molecule has 1 fully saturated rings. The smallest absolute Gasteiger partial charge is 0.234 e. The fourth-order valence-electron chi connectivity index (χ4n) is 1.24. The standard InChI is InChI=1S/C11H20N2O/c1-3-4-5-9(2)12-8-11(14)13-10-6-7-10/h3,9-10,12H,1,4-8H2,2H3,(H,13,14). The van der Waals surface area contributed by atoms with Crippen LogP contribution in [0.5, 0.6) is 0 Å². The topological polar surface area (TPSA) is 41.1 Å². The van der Waals surface area contributed by atoms with E-state index >= 15 is 0 Å². The highest BCUT2D eigenvalue weighted by atomic mass is 16.2. The highest BCUT2D eigenvalue weighted by Crippen LogP contribution is 2.18. The summed E-state index contributed by atoms with van der Waals surface area (Å²) in [4.78, 5) is 11.3. The van der Waals surface area contributed by atoms with Crippen molar-refractivity contribution in [3.05, 3.63) is 12.7 Å². The second-order valence-corrected chi connectivity index (χ2v) is 3.99. The van der Waals surface area contributed by atoms with Crippen LogP contribution in [0.3, 0.4) is 0 Å². The molecule has 1 rings (SSSR count). The predicted molar refractivity (Wildman–Crippen MR) is 58.1 cm³/mol. The zero-order valence-electron chi connectivity index (χ0n) is 8.88. The molecule has 0 bridgehead atoms. The van der Waals surface area contributed by atoms with E-state index in [0.717, 1.165) is 25.7 Å². The van der Waals surface area contributed by atoms with Crippen LogP contribution >= 0.6 is 0 Å². The molecule has 0 radical (unpaired) electrons. The van der Waals surface area contributed by atoms with Gasteiger partial charge in [-0.25, -0.2) is 0 Å². The lowest BCUT2D eigenvalue weighted by Gasteiger charge is -2.12. The minimum atomic E-state index is 0.123. The van der Waals surface area contributed by atoms with Crippen LogP contribution < -0.4 is 10.6 Å². The summed E-state index contributed by atoms with van der Waals surface area (Å²) >= 11 is 0. The highest BCUT2D eigenvalue weighted by molar-refractivity contribution is 5.78.